The van der Waals surface area contributed by atoms with Gasteiger partial charge in [-0.2, -0.15) is 0 Å². The third kappa shape index (κ3) is 66.6. The fraction of sp³-hybridized carbons (Fsp3) is 0.892. The molecule has 4 unspecified atom stereocenters. The third-order valence-corrected chi connectivity index (χ3v) is 18.8. The number of unbranched alkanes of at least 4 members (excludes halogenated alkanes) is 34. The molecule has 0 saturated carbocycles. The molecule has 0 heterocycles. The molecule has 0 aliphatic carbocycles. The Morgan fingerprint density at radius 2 is 0.634 bits per heavy atom. The molecule has 0 fully saturated rings. The van der Waals surface area contributed by atoms with Crippen molar-refractivity contribution in [3.05, 3.63) is 24.3 Å². The molecule has 17 nitrogen and oxygen atoms in total. The Labute approximate surface area is 567 Å². The molecule has 0 amide bonds. The number of phosphoric ester groups is 2. The van der Waals surface area contributed by atoms with Crippen LogP contribution in [0.4, 0.5) is 0 Å². The largest absolute Gasteiger partial charge is 0.472 e. The van der Waals surface area contributed by atoms with Crippen molar-refractivity contribution in [2.24, 2.45) is 17.8 Å². The monoisotopic (exact) mass is 1360 g/mol. The number of aliphatic hydroxyl groups excluding tert-OH is 1. The number of carbonyl (C=O) groups excluding carboxylic acids is 4. The Balaban J connectivity index is 5.30. The minimum Gasteiger partial charge on any atom is -0.462 e. The maximum atomic E-state index is 13.1. The normalized spacial score (nSPS) is 14.6. The summed E-state index contributed by atoms with van der Waals surface area (Å²) in [6.07, 6.45) is 52.1. The van der Waals surface area contributed by atoms with Gasteiger partial charge in [-0.15, -0.1) is 0 Å². The second kappa shape index (κ2) is 64.2. The average Bonchev–Trinajstić information content (AvgIpc) is 2.66. The first kappa shape index (κ1) is 90.5. The summed E-state index contributed by atoms with van der Waals surface area (Å²) in [6, 6.07) is 0. The zero-order valence-corrected chi connectivity index (χ0v) is 62.0. The fourth-order valence-electron chi connectivity index (χ4n) is 10.7. The van der Waals surface area contributed by atoms with E-state index >= 15 is 0 Å². The van der Waals surface area contributed by atoms with Crippen LogP contribution in [0.2, 0.25) is 0 Å². The minimum absolute atomic E-state index is 0.0844. The Hall–Kier alpha value is -2.46. The number of ether oxygens (including phenoxy) is 4. The molecular weight excluding hydrogens is 1220 g/mol. The summed E-state index contributed by atoms with van der Waals surface area (Å²) < 4.78 is 68.4. The molecule has 548 valence electrons. The predicted octanol–water partition coefficient (Wildman–Crippen LogP) is 21.0. The van der Waals surface area contributed by atoms with E-state index in [1.54, 1.807) is 0 Å². The van der Waals surface area contributed by atoms with E-state index in [0.29, 0.717) is 31.6 Å². The van der Waals surface area contributed by atoms with Crippen LogP contribution in [0.15, 0.2) is 24.3 Å². The molecule has 0 aliphatic heterocycles. The van der Waals surface area contributed by atoms with Crippen molar-refractivity contribution in [3.8, 4) is 0 Å². The van der Waals surface area contributed by atoms with Crippen molar-refractivity contribution in [2.45, 2.75) is 369 Å². The Morgan fingerprint density at radius 3 is 0.957 bits per heavy atom. The van der Waals surface area contributed by atoms with Crippen LogP contribution in [0.3, 0.4) is 0 Å². The van der Waals surface area contributed by atoms with Crippen LogP contribution in [-0.4, -0.2) is 96.7 Å². The number of esters is 4. The van der Waals surface area contributed by atoms with Gasteiger partial charge in [0.25, 0.3) is 0 Å². The van der Waals surface area contributed by atoms with Gasteiger partial charge >= 0.3 is 39.5 Å². The van der Waals surface area contributed by atoms with E-state index in [1.807, 2.05) is 0 Å². The van der Waals surface area contributed by atoms with Gasteiger partial charge in [0.2, 0.25) is 0 Å². The van der Waals surface area contributed by atoms with Gasteiger partial charge in [-0.25, -0.2) is 9.13 Å². The maximum absolute atomic E-state index is 13.1. The van der Waals surface area contributed by atoms with Gasteiger partial charge in [0.15, 0.2) is 12.2 Å². The van der Waals surface area contributed by atoms with E-state index in [-0.39, 0.29) is 25.7 Å². The Morgan fingerprint density at radius 1 is 0.355 bits per heavy atom. The van der Waals surface area contributed by atoms with E-state index < -0.39 is 97.5 Å². The highest BCUT2D eigenvalue weighted by Crippen LogP contribution is 2.45. The van der Waals surface area contributed by atoms with Gasteiger partial charge in [-0.3, -0.25) is 37.3 Å². The van der Waals surface area contributed by atoms with Crippen LogP contribution < -0.4 is 0 Å². The van der Waals surface area contributed by atoms with E-state index in [4.69, 9.17) is 37.0 Å². The fourth-order valence-corrected chi connectivity index (χ4v) is 12.3. The number of aliphatic hydroxyl groups is 1. The highest BCUT2D eigenvalue weighted by Gasteiger charge is 2.30. The number of hydrogen-bond donors (Lipinski definition) is 3. The van der Waals surface area contributed by atoms with Crippen LogP contribution in [0.5, 0.6) is 0 Å². The number of carbonyl (C=O) groups is 4. The van der Waals surface area contributed by atoms with Crippen molar-refractivity contribution in [2.75, 3.05) is 39.6 Å². The zero-order valence-electron chi connectivity index (χ0n) is 60.2. The van der Waals surface area contributed by atoms with Crippen LogP contribution in [0.25, 0.3) is 0 Å². The second-order valence-electron chi connectivity index (χ2n) is 27.2. The molecule has 0 aliphatic rings. The number of phosphoric acid groups is 2. The molecule has 0 spiro atoms. The van der Waals surface area contributed by atoms with Crippen LogP contribution >= 0.6 is 15.6 Å². The highest BCUT2D eigenvalue weighted by atomic mass is 31.2. The number of allylic oxidation sites excluding steroid dienone is 4. The molecule has 6 atom stereocenters. The summed E-state index contributed by atoms with van der Waals surface area (Å²) in [5, 5.41) is 10.6. The maximum Gasteiger partial charge on any atom is 0.472 e. The topological polar surface area (TPSA) is 237 Å². The molecule has 93 heavy (non-hydrogen) atoms. The van der Waals surface area contributed by atoms with Gasteiger partial charge in [0.05, 0.1) is 26.4 Å². The van der Waals surface area contributed by atoms with Crippen molar-refractivity contribution in [3.63, 3.8) is 0 Å². The lowest BCUT2D eigenvalue weighted by Crippen LogP contribution is -2.30. The standard InChI is InChI=1S/C74H140O17P2/c1-8-10-11-12-13-14-15-16-17-18-21-28-35-43-50-57-73(78)90-69(61-84-71(76)55-48-41-34-27-24-23-26-33-40-47-54-67(7)9-2)63-88-92(80,81)86-59-68(75)60-87-93(82,83)89-64-70(62-85-72(77)56-49-42-37-30-32-39-46-53-66(5)6)91-74(79)58-51-44-36-29-22-19-20-25-31-38-45-52-65(3)4/h14-17,65-70,75H,8-13,18-64H2,1-7H3,(H,80,81)(H,82,83)/b15-14-,17-16-/t67?,68?,69-,70-/m1/s1. The first-order valence-electron chi connectivity index (χ1n) is 37.7. The van der Waals surface area contributed by atoms with Gasteiger partial charge in [0.1, 0.15) is 19.3 Å². The molecular formula is C74H140O17P2. The van der Waals surface area contributed by atoms with Crippen molar-refractivity contribution in [1.82, 2.24) is 0 Å². The van der Waals surface area contributed by atoms with Crippen molar-refractivity contribution < 1.29 is 80.2 Å². The van der Waals surface area contributed by atoms with E-state index in [9.17, 15) is 43.2 Å². The molecule has 3 N–H and O–H groups in total. The molecule has 0 rings (SSSR count). The quantitative estimate of drug-likeness (QED) is 0.0169. The smallest absolute Gasteiger partial charge is 0.462 e. The number of rotatable bonds is 70. The third-order valence-electron chi connectivity index (χ3n) is 16.9. The first-order valence-corrected chi connectivity index (χ1v) is 40.7. The lowest BCUT2D eigenvalue weighted by Gasteiger charge is -2.21. The molecule has 0 bridgehead atoms. The molecule has 19 heteroatoms. The summed E-state index contributed by atoms with van der Waals surface area (Å²) >= 11 is 0. The Bertz CT molecular complexity index is 1910. The summed E-state index contributed by atoms with van der Waals surface area (Å²) in [5.41, 5.74) is 0. The average molecular weight is 1360 g/mol. The van der Waals surface area contributed by atoms with E-state index in [1.165, 1.54) is 141 Å². The summed E-state index contributed by atoms with van der Waals surface area (Å²) in [7, 11) is -9.92. The molecule has 0 aromatic heterocycles. The molecule has 0 saturated heterocycles. The summed E-state index contributed by atoms with van der Waals surface area (Å²) in [5.74, 6) is 0.122. The molecule has 0 aromatic carbocycles. The van der Waals surface area contributed by atoms with Gasteiger partial charge < -0.3 is 33.8 Å². The summed E-state index contributed by atoms with van der Waals surface area (Å²) in [6.45, 7) is 11.8. The molecule has 0 aromatic rings. The number of hydrogen-bond acceptors (Lipinski definition) is 15. The van der Waals surface area contributed by atoms with Crippen molar-refractivity contribution in [1.29, 1.82) is 0 Å². The van der Waals surface area contributed by atoms with Gasteiger partial charge in [-0.1, -0.05) is 297 Å². The first-order chi connectivity index (χ1) is 44.8. The van der Waals surface area contributed by atoms with Gasteiger partial charge in [0, 0.05) is 25.7 Å². The predicted molar refractivity (Wildman–Crippen MR) is 377 cm³/mol. The second-order valence-corrected chi connectivity index (χ2v) is 30.1. The van der Waals surface area contributed by atoms with Gasteiger partial charge in [-0.05, 0) is 69.1 Å². The van der Waals surface area contributed by atoms with Crippen LogP contribution in [0, 0.1) is 17.8 Å². The summed E-state index contributed by atoms with van der Waals surface area (Å²) in [4.78, 5) is 72.7. The lowest BCUT2D eigenvalue weighted by molar-refractivity contribution is -0.161. The van der Waals surface area contributed by atoms with Crippen molar-refractivity contribution >= 4 is 39.5 Å². The van der Waals surface area contributed by atoms with E-state index in [0.717, 1.165) is 121 Å². The van der Waals surface area contributed by atoms with Crippen LogP contribution in [0.1, 0.15) is 350 Å². The molecule has 0 radical (unpaired) electrons. The zero-order chi connectivity index (χ0) is 68.7. The lowest BCUT2D eigenvalue weighted by atomic mass is 9.99. The van der Waals surface area contributed by atoms with Crippen LogP contribution in [-0.2, 0) is 65.4 Å². The minimum atomic E-state index is -4.96. The SMILES string of the molecule is CCCCCC/C=C\C=C/CCCCCCCC(=O)O[C@H](COC(=O)CCCCCCCCCCCCC(C)CC)COP(=O)(O)OCC(O)COP(=O)(O)OC[C@@H](COC(=O)CCCCCCCCCC(C)C)OC(=O)CCCCCCCCCCCCCC(C)C. The van der Waals surface area contributed by atoms with E-state index in [2.05, 4.69) is 72.8 Å². The highest BCUT2D eigenvalue weighted by molar-refractivity contribution is 7.47. The Kier molecular flexibility index (Phi) is 62.5.